The maximum atomic E-state index is 12.8. The number of amides is 1. The van der Waals surface area contributed by atoms with Gasteiger partial charge < -0.3 is 9.80 Å². The quantitative estimate of drug-likeness (QED) is 0.735. The highest BCUT2D eigenvalue weighted by molar-refractivity contribution is 7.88. The molecule has 0 saturated carbocycles. The number of anilines is 1. The third kappa shape index (κ3) is 4.18. The Balaban J connectivity index is 1.63. The van der Waals surface area contributed by atoms with Gasteiger partial charge in [-0.05, 0) is 37.1 Å². The van der Waals surface area contributed by atoms with Crippen LogP contribution in [0.2, 0.25) is 0 Å². The maximum Gasteiger partial charge on any atom is 0.253 e. The summed E-state index contributed by atoms with van der Waals surface area (Å²) in [5.41, 5.74) is 1.68. The van der Waals surface area contributed by atoms with Crippen LogP contribution in [-0.2, 0) is 10.0 Å². The minimum Gasteiger partial charge on any atom is -0.378 e. The highest BCUT2D eigenvalue weighted by Crippen LogP contribution is 2.33. The fraction of sp³-hybridized carbons (Fsp3) is 0.650. The topological polar surface area (TPSA) is 64.2 Å². The van der Waals surface area contributed by atoms with E-state index in [0.29, 0.717) is 31.7 Å². The summed E-state index contributed by atoms with van der Waals surface area (Å²) in [4.78, 5) is 19.2. The molecule has 2 heterocycles. The van der Waals surface area contributed by atoms with Crippen molar-refractivity contribution in [2.75, 3.05) is 64.5 Å². The third-order valence-electron chi connectivity index (χ3n) is 6.29. The van der Waals surface area contributed by atoms with Crippen molar-refractivity contribution in [3.8, 4) is 0 Å². The number of nitrogens with zero attached hydrogens (tertiary/aromatic N) is 4. The zero-order chi connectivity index (χ0) is 20.5. The molecule has 8 heteroatoms. The first kappa shape index (κ1) is 21.1. The third-order valence-corrected chi connectivity index (χ3v) is 7.54. The van der Waals surface area contributed by atoms with Crippen molar-refractivity contribution >= 4 is 21.6 Å². The SMILES string of the molecule is CC[C@@]1(N2CCN(C(=O)c3ccc(N(C)C)cc3)CC2)CCN(S(C)(=O)=O)C1. The van der Waals surface area contributed by atoms with Crippen LogP contribution in [0, 0.1) is 0 Å². The largest absolute Gasteiger partial charge is 0.378 e. The molecule has 0 spiro atoms. The molecular weight excluding hydrogens is 376 g/mol. The Morgan fingerprint density at radius 3 is 2.14 bits per heavy atom. The number of carbonyl (C=O) groups excluding carboxylic acids is 1. The number of benzene rings is 1. The molecule has 7 nitrogen and oxygen atoms in total. The lowest BCUT2D eigenvalue weighted by Crippen LogP contribution is -2.59. The summed E-state index contributed by atoms with van der Waals surface area (Å²) in [6, 6.07) is 7.71. The molecule has 0 N–H and O–H groups in total. The van der Waals surface area contributed by atoms with Gasteiger partial charge in [0.25, 0.3) is 5.91 Å². The van der Waals surface area contributed by atoms with Crippen molar-refractivity contribution < 1.29 is 13.2 Å². The molecule has 156 valence electrons. The Labute approximate surface area is 168 Å². The van der Waals surface area contributed by atoms with Gasteiger partial charge in [0.05, 0.1) is 6.26 Å². The van der Waals surface area contributed by atoms with E-state index in [0.717, 1.165) is 31.6 Å². The molecule has 28 heavy (non-hydrogen) atoms. The van der Waals surface area contributed by atoms with E-state index in [2.05, 4.69) is 11.8 Å². The predicted octanol–water partition coefficient (Wildman–Crippen LogP) is 1.32. The van der Waals surface area contributed by atoms with Gasteiger partial charge in [0.2, 0.25) is 10.0 Å². The van der Waals surface area contributed by atoms with Crippen molar-refractivity contribution in [3.63, 3.8) is 0 Å². The lowest BCUT2D eigenvalue weighted by molar-refractivity contribution is 0.0313. The molecule has 3 rings (SSSR count). The minimum atomic E-state index is -3.15. The Kier molecular flexibility index (Phi) is 6.03. The van der Waals surface area contributed by atoms with Crippen molar-refractivity contribution in [2.45, 2.75) is 25.3 Å². The van der Waals surface area contributed by atoms with Crippen LogP contribution in [0.3, 0.4) is 0 Å². The van der Waals surface area contributed by atoms with E-state index in [1.54, 1.807) is 4.31 Å². The molecule has 0 bridgehead atoms. The van der Waals surface area contributed by atoms with Crippen LogP contribution in [0.5, 0.6) is 0 Å². The summed E-state index contributed by atoms with van der Waals surface area (Å²) < 4.78 is 25.5. The molecule has 1 aromatic carbocycles. The van der Waals surface area contributed by atoms with Crippen LogP contribution in [-0.4, -0.2) is 93.6 Å². The second-order valence-corrected chi connectivity index (χ2v) is 10.1. The maximum absolute atomic E-state index is 12.8. The van der Waals surface area contributed by atoms with Crippen molar-refractivity contribution in [1.29, 1.82) is 0 Å². The molecule has 0 radical (unpaired) electrons. The van der Waals surface area contributed by atoms with Gasteiger partial charge in [0.15, 0.2) is 0 Å². The first-order chi connectivity index (χ1) is 13.2. The number of hydrogen-bond donors (Lipinski definition) is 0. The van der Waals surface area contributed by atoms with Crippen molar-refractivity contribution in [1.82, 2.24) is 14.1 Å². The van der Waals surface area contributed by atoms with Crippen LogP contribution < -0.4 is 4.90 Å². The van der Waals surface area contributed by atoms with Crippen molar-refractivity contribution in [3.05, 3.63) is 29.8 Å². The second kappa shape index (κ2) is 8.00. The van der Waals surface area contributed by atoms with Gasteiger partial charge in [0, 0.05) is 70.2 Å². The molecule has 0 aliphatic carbocycles. The second-order valence-electron chi connectivity index (χ2n) is 8.14. The Morgan fingerprint density at radius 1 is 1.07 bits per heavy atom. The summed E-state index contributed by atoms with van der Waals surface area (Å²) in [5.74, 6) is 0.0692. The summed E-state index contributed by atoms with van der Waals surface area (Å²) in [6.45, 7) is 6.20. The fourth-order valence-corrected chi connectivity index (χ4v) is 5.24. The number of piperazine rings is 1. The van der Waals surface area contributed by atoms with E-state index in [-0.39, 0.29) is 11.4 Å². The zero-order valence-corrected chi connectivity index (χ0v) is 18.2. The van der Waals surface area contributed by atoms with Gasteiger partial charge in [0.1, 0.15) is 0 Å². The minimum absolute atomic E-state index is 0.0692. The number of carbonyl (C=O) groups is 1. The van der Waals surface area contributed by atoms with Crippen LogP contribution in [0.4, 0.5) is 5.69 Å². The van der Waals surface area contributed by atoms with Crippen LogP contribution in [0.1, 0.15) is 30.1 Å². The summed E-state index contributed by atoms with van der Waals surface area (Å²) >= 11 is 0. The van der Waals surface area contributed by atoms with Gasteiger partial charge in [-0.1, -0.05) is 6.92 Å². The Hall–Kier alpha value is -1.64. The molecular formula is C20H32N4O3S. The first-order valence-electron chi connectivity index (χ1n) is 9.93. The number of hydrogen-bond acceptors (Lipinski definition) is 5. The van der Waals surface area contributed by atoms with E-state index in [9.17, 15) is 13.2 Å². The van der Waals surface area contributed by atoms with E-state index in [1.165, 1.54) is 6.26 Å². The molecule has 2 fully saturated rings. The molecule has 0 aromatic heterocycles. The smallest absolute Gasteiger partial charge is 0.253 e. The number of rotatable bonds is 5. The fourth-order valence-electron chi connectivity index (χ4n) is 4.34. The average molecular weight is 409 g/mol. The molecule has 2 saturated heterocycles. The van der Waals surface area contributed by atoms with Gasteiger partial charge in [-0.25, -0.2) is 12.7 Å². The van der Waals surface area contributed by atoms with E-state index in [1.807, 2.05) is 48.2 Å². The van der Waals surface area contributed by atoms with Crippen molar-refractivity contribution in [2.24, 2.45) is 0 Å². The molecule has 2 aliphatic heterocycles. The Bertz CT molecular complexity index is 801. The van der Waals surface area contributed by atoms with E-state index >= 15 is 0 Å². The highest BCUT2D eigenvalue weighted by Gasteiger charge is 2.45. The van der Waals surface area contributed by atoms with Gasteiger partial charge in [-0.3, -0.25) is 9.69 Å². The normalized spacial score (nSPS) is 24.5. The summed E-state index contributed by atoms with van der Waals surface area (Å²) in [7, 11) is 0.806. The van der Waals surface area contributed by atoms with E-state index < -0.39 is 10.0 Å². The lowest BCUT2D eigenvalue weighted by atomic mass is 9.92. The summed E-state index contributed by atoms with van der Waals surface area (Å²) in [5, 5.41) is 0. The summed E-state index contributed by atoms with van der Waals surface area (Å²) in [6.07, 6.45) is 3.06. The van der Waals surface area contributed by atoms with Crippen LogP contribution in [0.15, 0.2) is 24.3 Å². The van der Waals surface area contributed by atoms with E-state index in [4.69, 9.17) is 0 Å². The molecule has 2 aliphatic rings. The Morgan fingerprint density at radius 2 is 1.68 bits per heavy atom. The van der Waals surface area contributed by atoms with Gasteiger partial charge in [-0.15, -0.1) is 0 Å². The average Bonchev–Trinajstić information content (AvgIpc) is 3.14. The molecule has 1 amide bonds. The monoisotopic (exact) mass is 408 g/mol. The molecule has 1 aromatic rings. The van der Waals surface area contributed by atoms with Gasteiger partial charge >= 0.3 is 0 Å². The number of sulfonamides is 1. The first-order valence-corrected chi connectivity index (χ1v) is 11.8. The standard InChI is InChI=1S/C20H32N4O3S/c1-5-20(10-11-24(16-20)28(4,26)27)23-14-12-22(13-15-23)19(25)17-6-8-18(9-7-17)21(2)3/h6-9H,5,10-16H2,1-4H3/t20-/m1/s1. The molecule has 1 atom stereocenters. The van der Waals surface area contributed by atoms with Gasteiger partial charge in [-0.2, -0.15) is 0 Å². The van der Waals surface area contributed by atoms with Crippen LogP contribution >= 0.6 is 0 Å². The van der Waals surface area contributed by atoms with Crippen LogP contribution in [0.25, 0.3) is 0 Å². The predicted molar refractivity (Wildman–Crippen MR) is 112 cm³/mol. The zero-order valence-electron chi connectivity index (χ0n) is 17.4. The molecule has 0 unspecified atom stereocenters. The highest BCUT2D eigenvalue weighted by atomic mass is 32.2. The lowest BCUT2D eigenvalue weighted by Gasteiger charge is -2.45.